The summed E-state index contributed by atoms with van der Waals surface area (Å²) >= 11 is 0. The SMILES string of the molecule is CC1(C)c2ccccc2-c2ccc(N(c3ccc4c(c3)-c3ccccc3-c3ccccc3C43c4ccccc4-c4cc5ccccc5cc43)c3ccc4c(c3)oc3ccccc34)cc21. The van der Waals surface area contributed by atoms with Gasteiger partial charge in [0.15, 0.2) is 0 Å². The van der Waals surface area contributed by atoms with Crippen molar-refractivity contribution in [2.45, 2.75) is 24.7 Å². The van der Waals surface area contributed by atoms with Crippen LogP contribution in [0.4, 0.5) is 17.1 Å². The van der Waals surface area contributed by atoms with Gasteiger partial charge in [-0.3, -0.25) is 0 Å². The Morgan fingerprint density at radius 1 is 0.312 bits per heavy atom. The van der Waals surface area contributed by atoms with E-state index in [9.17, 15) is 0 Å². The van der Waals surface area contributed by atoms with Crippen molar-refractivity contribution < 1.29 is 4.42 Å². The second-order valence-electron chi connectivity index (χ2n) is 18.4. The molecule has 300 valence electrons. The molecule has 14 rings (SSSR count). The Labute approximate surface area is 372 Å². The van der Waals surface area contributed by atoms with Gasteiger partial charge in [0.25, 0.3) is 0 Å². The van der Waals surface area contributed by atoms with Crippen molar-refractivity contribution in [3.05, 3.63) is 246 Å². The van der Waals surface area contributed by atoms with Gasteiger partial charge in [-0.15, -0.1) is 0 Å². The van der Waals surface area contributed by atoms with Gasteiger partial charge in [0.2, 0.25) is 0 Å². The first-order valence-corrected chi connectivity index (χ1v) is 22.4. The van der Waals surface area contributed by atoms with E-state index in [1.165, 1.54) is 88.7 Å². The standard InChI is InChI=1S/C62H41NO/c1-61(2)53-23-11-7-20-46(53)48-30-27-41(36-57(48)61)63(42-28-31-50-49-22-10-14-26-59(49)64-60(50)37-42)40-29-32-56-52(35-40)44-18-6-5-17-43(44)45-19-8-12-24-54(45)62(56)55-25-13-9-21-47(55)51-33-38-15-3-4-16-39(38)34-58(51)62/h3-37H,1-2H3. The van der Waals surface area contributed by atoms with E-state index in [0.717, 1.165) is 39.0 Å². The zero-order chi connectivity index (χ0) is 42.3. The quantitative estimate of drug-likeness (QED) is 0.177. The molecule has 11 aromatic rings. The predicted molar refractivity (Wildman–Crippen MR) is 265 cm³/mol. The molecule has 1 atom stereocenters. The monoisotopic (exact) mass is 815 g/mol. The van der Waals surface area contributed by atoms with Gasteiger partial charge in [0, 0.05) is 39.3 Å². The molecule has 1 unspecified atom stereocenters. The van der Waals surface area contributed by atoms with Gasteiger partial charge in [0.05, 0.1) is 5.41 Å². The summed E-state index contributed by atoms with van der Waals surface area (Å²) in [6.07, 6.45) is 0. The van der Waals surface area contributed by atoms with Crippen molar-refractivity contribution in [1.82, 2.24) is 0 Å². The summed E-state index contributed by atoms with van der Waals surface area (Å²) in [6, 6.07) is 79.4. The fourth-order valence-electron chi connectivity index (χ4n) is 12.0. The van der Waals surface area contributed by atoms with Crippen molar-refractivity contribution in [2.24, 2.45) is 0 Å². The van der Waals surface area contributed by atoms with Crippen LogP contribution in [-0.4, -0.2) is 0 Å². The summed E-state index contributed by atoms with van der Waals surface area (Å²) in [5.74, 6) is 0. The van der Waals surface area contributed by atoms with E-state index < -0.39 is 5.41 Å². The van der Waals surface area contributed by atoms with Crippen LogP contribution in [0.1, 0.15) is 47.2 Å². The molecular formula is C62H41NO. The first-order chi connectivity index (χ1) is 31.5. The highest BCUT2D eigenvalue weighted by molar-refractivity contribution is 6.07. The third-order valence-electron chi connectivity index (χ3n) is 14.9. The van der Waals surface area contributed by atoms with Crippen LogP contribution in [0.3, 0.4) is 0 Å². The molecule has 0 saturated heterocycles. The number of hydrogen-bond donors (Lipinski definition) is 0. The molecule has 1 spiro atoms. The molecule has 0 amide bonds. The van der Waals surface area contributed by atoms with Gasteiger partial charge in [-0.05, 0) is 143 Å². The zero-order valence-electron chi connectivity index (χ0n) is 35.6. The minimum Gasteiger partial charge on any atom is -0.456 e. The Hall–Kier alpha value is -7.94. The molecule has 1 aromatic heterocycles. The van der Waals surface area contributed by atoms with Crippen LogP contribution in [0.25, 0.3) is 77.2 Å². The van der Waals surface area contributed by atoms with Crippen LogP contribution in [0.5, 0.6) is 0 Å². The highest BCUT2D eigenvalue weighted by Gasteiger charge is 2.50. The highest BCUT2D eigenvalue weighted by Crippen LogP contribution is 2.62. The number of benzene rings is 10. The van der Waals surface area contributed by atoms with Gasteiger partial charge in [0.1, 0.15) is 11.2 Å². The molecule has 0 N–H and O–H groups in total. The second kappa shape index (κ2) is 12.8. The lowest BCUT2D eigenvalue weighted by atomic mass is 9.65. The van der Waals surface area contributed by atoms with E-state index in [1.807, 2.05) is 6.07 Å². The molecule has 64 heavy (non-hydrogen) atoms. The number of furan rings is 1. The zero-order valence-corrected chi connectivity index (χ0v) is 35.6. The minimum absolute atomic E-state index is 0.158. The Morgan fingerprint density at radius 3 is 1.56 bits per heavy atom. The maximum absolute atomic E-state index is 6.59. The lowest BCUT2D eigenvalue weighted by Crippen LogP contribution is -2.29. The average molecular weight is 816 g/mol. The van der Waals surface area contributed by atoms with E-state index in [-0.39, 0.29) is 5.41 Å². The molecule has 2 nitrogen and oxygen atoms in total. The third-order valence-corrected chi connectivity index (χ3v) is 14.9. The van der Waals surface area contributed by atoms with E-state index >= 15 is 0 Å². The predicted octanol–water partition coefficient (Wildman–Crippen LogP) is 16.5. The average Bonchev–Trinajstić information content (AvgIpc) is 3.91. The Morgan fingerprint density at radius 2 is 0.797 bits per heavy atom. The third kappa shape index (κ3) is 4.64. The highest BCUT2D eigenvalue weighted by atomic mass is 16.3. The van der Waals surface area contributed by atoms with E-state index in [1.54, 1.807) is 0 Å². The topological polar surface area (TPSA) is 16.4 Å². The van der Waals surface area contributed by atoms with E-state index in [2.05, 4.69) is 225 Å². The second-order valence-corrected chi connectivity index (χ2v) is 18.4. The summed E-state index contributed by atoms with van der Waals surface area (Å²) in [6.45, 7) is 4.73. The van der Waals surface area contributed by atoms with Gasteiger partial charge < -0.3 is 9.32 Å². The fraction of sp³-hybridized carbons (Fsp3) is 0.0645. The molecule has 10 aromatic carbocycles. The van der Waals surface area contributed by atoms with Crippen LogP contribution in [0, 0.1) is 0 Å². The van der Waals surface area contributed by atoms with Crippen LogP contribution >= 0.6 is 0 Å². The van der Waals surface area contributed by atoms with Crippen molar-refractivity contribution >= 4 is 49.8 Å². The lowest BCUT2D eigenvalue weighted by Gasteiger charge is -2.36. The molecule has 0 radical (unpaired) electrons. The first-order valence-electron chi connectivity index (χ1n) is 22.4. The summed E-state index contributed by atoms with van der Waals surface area (Å²) in [5.41, 5.74) is 22.4. The summed E-state index contributed by atoms with van der Waals surface area (Å²) in [5, 5.41) is 4.75. The molecular weight excluding hydrogens is 775 g/mol. The van der Waals surface area contributed by atoms with Crippen molar-refractivity contribution in [3.8, 4) is 44.5 Å². The molecule has 0 aliphatic heterocycles. The Bertz CT molecular complexity index is 3790. The van der Waals surface area contributed by atoms with Crippen LogP contribution in [0.15, 0.2) is 217 Å². The van der Waals surface area contributed by atoms with Crippen molar-refractivity contribution in [1.29, 1.82) is 0 Å². The molecule has 0 bridgehead atoms. The molecule has 0 saturated carbocycles. The number of rotatable bonds is 3. The number of nitrogens with zero attached hydrogens (tertiary/aromatic N) is 1. The molecule has 1 heterocycles. The summed E-state index contributed by atoms with van der Waals surface area (Å²) in [7, 11) is 0. The first kappa shape index (κ1) is 35.6. The maximum atomic E-state index is 6.59. The van der Waals surface area contributed by atoms with Gasteiger partial charge in [-0.2, -0.15) is 0 Å². The van der Waals surface area contributed by atoms with Crippen LogP contribution < -0.4 is 4.90 Å². The Balaban J connectivity index is 1.07. The molecule has 2 heteroatoms. The van der Waals surface area contributed by atoms with E-state index in [0.29, 0.717) is 0 Å². The van der Waals surface area contributed by atoms with Gasteiger partial charge in [-0.25, -0.2) is 0 Å². The largest absolute Gasteiger partial charge is 0.456 e. The number of anilines is 3. The number of para-hydroxylation sites is 1. The summed E-state index contributed by atoms with van der Waals surface area (Å²) < 4.78 is 6.59. The fourth-order valence-corrected chi connectivity index (χ4v) is 12.0. The minimum atomic E-state index is -0.583. The molecule has 3 aliphatic rings. The lowest BCUT2D eigenvalue weighted by molar-refractivity contribution is 0.660. The smallest absolute Gasteiger partial charge is 0.137 e. The van der Waals surface area contributed by atoms with Crippen LogP contribution in [0.2, 0.25) is 0 Å². The number of hydrogen-bond acceptors (Lipinski definition) is 2. The van der Waals surface area contributed by atoms with Gasteiger partial charge in [-0.1, -0.05) is 166 Å². The summed E-state index contributed by atoms with van der Waals surface area (Å²) in [4.78, 5) is 2.45. The maximum Gasteiger partial charge on any atom is 0.137 e. The van der Waals surface area contributed by atoms with Crippen molar-refractivity contribution in [3.63, 3.8) is 0 Å². The van der Waals surface area contributed by atoms with Gasteiger partial charge >= 0.3 is 0 Å². The Kier molecular flexibility index (Phi) is 7.13. The van der Waals surface area contributed by atoms with Crippen molar-refractivity contribution in [2.75, 3.05) is 4.90 Å². The molecule has 3 aliphatic carbocycles. The van der Waals surface area contributed by atoms with E-state index in [4.69, 9.17) is 4.42 Å². The molecule has 0 fully saturated rings. The number of fused-ring (bicyclic) bond motifs is 19. The van der Waals surface area contributed by atoms with Crippen LogP contribution in [-0.2, 0) is 10.8 Å². The normalized spacial score (nSPS) is 15.8.